The van der Waals surface area contributed by atoms with Crippen molar-refractivity contribution in [2.45, 2.75) is 52.6 Å². The van der Waals surface area contributed by atoms with Crippen LogP contribution in [-0.2, 0) is 9.59 Å². The molecule has 0 aliphatic rings. The molecule has 0 spiro atoms. The highest BCUT2D eigenvalue weighted by Gasteiger charge is 2.35. The molecule has 0 aliphatic carbocycles. The maximum absolute atomic E-state index is 14.0. The lowest BCUT2D eigenvalue weighted by Gasteiger charge is -2.32. The Morgan fingerprint density at radius 3 is 2.35 bits per heavy atom. The first-order valence-electron chi connectivity index (χ1n) is 13.8. The van der Waals surface area contributed by atoms with E-state index in [2.05, 4.69) is 29.5 Å². The minimum atomic E-state index is -0.954. The zero-order valence-electron chi connectivity index (χ0n) is 23.7. The number of hydrogen-bond acceptors (Lipinski definition) is 6. The first kappa shape index (κ1) is 30.8. The van der Waals surface area contributed by atoms with Crippen LogP contribution in [0.5, 0.6) is 5.75 Å². The molecule has 0 saturated heterocycles. The minimum absolute atomic E-state index is 0.147. The van der Waals surface area contributed by atoms with Gasteiger partial charge in [0.1, 0.15) is 24.4 Å². The molecular weight excluding hydrogens is 524 g/mol. The summed E-state index contributed by atoms with van der Waals surface area (Å²) in [4.78, 5) is 47.2. The smallest absolute Gasteiger partial charge is 0.256 e. The van der Waals surface area contributed by atoms with Crippen LogP contribution in [0.1, 0.15) is 61.8 Å². The normalized spacial score (nSPS) is 12.6. The Bertz CT molecular complexity index is 1190. The molecule has 0 radical (unpaired) electrons. The Morgan fingerprint density at radius 1 is 0.950 bits per heavy atom. The fourth-order valence-electron chi connectivity index (χ4n) is 4.21. The van der Waals surface area contributed by atoms with Gasteiger partial charge in [0.05, 0.1) is 12.1 Å². The quantitative estimate of drug-likeness (QED) is 0.268. The molecule has 0 fully saturated rings. The van der Waals surface area contributed by atoms with E-state index in [4.69, 9.17) is 4.74 Å². The second kappa shape index (κ2) is 15.8. The van der Waals surface area contributed by atoms with E-state index >= 15 is 0 Å². The zero-order chi connectivity index (χ0) is 28.9. The molecule has 2 aromatic heterocycles. The maximum Gasteiger partial charge on any atom is 0.256 e. The summed E-state index contributed by atoms with van der Waals surface area (Å²) >= 11 is 1.38. The second-order valence-electron chi connectivity index (χ2n) is 10.5. The van der Waals surface area contributed by atoms with Gasteiger partial charge in [0, 0.05) is 23.8 Å². The molecule has 0 saturated carbocycles. The van der Waals surface area contributed by atoms with E-state index in [-0.39, 0.29) is 30.9 Å². The Labute approximate surface area is 241 Å². The predicted octanol–water partition coefficient (Wildman–Crippen LogP) is 5.10. The summed E-state index contributed by atoms with van der Waals surface area (Å²) in [5, 5.41) is 7.81. The van der Waals surface area contributed by atoms with Crippen LogP contribution >= 0.6 is 11.3 Å². The summed E-state index contributed by atoms with van der Waals surface area (Å²) in [5.41, 5.74) is 0.363. The van der Waals surface area contributed by atoms with Gasteiger partial charge in [-0.1, -0.05) is 52.0 Å². The number of nitrogens with one attached hydrogen (secondary N) is 2. The van der Waals surface area contributed by atoms with Crippen LogP contribution in [-0.4, -0.2) is 53.3 Å². The van der Waals surface area contributed by atoms with Crippen LogP contribution in [0.15, 0.2) is 72.4 Å². The monoisotopic (exact) mass is 564 g/mol. The Balaban J connectivity index is 1.88. The van der Waals surface area contributed by atoms with Crippen LogP contribution in [0.3, 0.4) is 0 Å². The third-order valence-electron chi connectivity index (χ3n) is 6.25. The molecular formula is C31H40N4O4S. The van der Waals surface area contributed by atoms with Crippen molar-refractivity contribution in [3.63, 3.8) is 0 Å². The number of aromatic nitrogens is 1. The average molecular weight is 565 g/mol. The summed E-state index contributed by atoms with van der Waals surface area (Å²) in [6.45, 7) is 9.08. The number of carbonyl (C=O) groups excluding carboxylic acids is 3. The van der Waals surface area contributed by atoms with Gasteiger partial charge in [-0.25, -0.2) is 0 Å². The summed E-state index contributed by atoms with van der Waals surface area (Å²) < 4.78 is 5.90. The van der Waals surface area contributed by atoms with Crippen molar-refractivity contribution in [1.29, 1.82) is 0 Å². The lowest BCUT2D eigenvalue weighted by molar-refractivity contribution is -0.132. The molecule has 0 aliphatic heterocycles. The van der Waals surface area contributed by atoms with Crippen molar-refractivity contribution in [1.82, 2.24) is 20.5 Å². The Morgan fingerprint density at radius 2 is 1.73 bits per heavy atom. The van der Waals surface area contributed by atoms with E-state index in [1.807, 2.05) is 61.7 Å². The molecule has 3 amide bonds. The molecule has 0 bridgehead atoms. The summed E-state index contributed by atoms with van der Waals surface area (Å²) in [5.74, 6) is 0.318. The highest BCUT2D eigenvalue weighted by Crippen LogP contribution is 2.28. The van der Waals surface area contributed by atoms with Gasteiger partial charge < -0.3 is 20.3 Å². The highest BCUT2D eigenvalue weighted by atomic mass is 32.1. The number of pyridine rings is 1. The van der Waals surface area contributed by atoms with E-state index in [0.29, 0.717) is 35.1 Å². The molecule has 40 heavy (non-hydrogen) atoms. The number of para-hydroxylation sites is 1. The van der Waals surface area contributed by atoms with E-state index in [0.717, 1.165) is 6.42 Å². The van der Waals surface area contributed by atoms with Crippen molar-refractivity contribution in [3.8, 4) is 5.75 Å². The highest BCUT2D eigenvalue weighted by molar-refractivity contribution is 7.10. The first-order chi connectivity index (χ1) is 19.3. The third kappa shape index (κ3) is 9.48. The van der Waals surface area contributed by atoms with Crippen molar-refractivity contribution >= 4 is 29.1 Å². The summed E-state index contributed by atoms with van der Waals surface area (Å²) in [7, 11) is 0. The van der Waals surface area contributed by atoms with Crippen LogP contribution < -0.4 is 15.4 Å². The molecule has 1 aromatic carbocycles. The summed E-state index contributed by atoms with van der Waals surface area (Å²) in [6.07, 6.45) is 4.41. The average Bonchev–Trinajstić information content (AvgIpc) is 3.46. The van der Waals surface area contributed by atoms with E-state index in [1.165, 1.54) is 22.4 Å². The number of amides is 3. The predicted molar refractivity (Wildman–Crippen MR) is 158 cm³/mol. The molecule has 2 heterocycles. The maximum atomic E-state index is 14.0. The van der Waals surface area contributed by atoms with Crippen LogP contribution in [0.2, 0.25) is 0 Å². The number of carbonyl (C=O) groups is 3. The SMILES string of the molecule is CC(C)CCNC(=O)C(CC(C)C)NC(=O)C(c1cccs1)N(CCOc1ccccc1)C(=O)c1cccnc1. The van der Waals surface area contributed by atoms with Gasteiger partial charge in [-0.05, 0) is 60.4 Å². The summed E-state index contributed by atoms with van der Waals surface area (Å²) in [6, 6.07) is 14.7. The Hall–Kier alpha value is -3.72. The second-order valence-corrected chi connectivity index (χ2v) is 11.5. The Kier molecular flexibility index (Phi) is 12.1. The molecule has 2 atom stereocenters. The third-order valence-corrected chi connectivity index (χ3v) is 7.17. The first-order valence-corrected chi connectivity index (χ1v) is 14.6. The van der Waals surface area contributed by atoms with E-state index < -0.39 is 18.0 Å². The van der Waals surface area contributed by atoms with Crippen molar-refractivity contribution in [3.05, 3.63) is 82.8 Å². The molecule has 2 unspecified atom stereocenters. The number of benzene rings is 1. The van der Waals surface area contributed by atoms with Crippen LogP contribution in [0, 0.1) is 11.8 Å². The largest absolute Gasteiger partial charge is 0.492 e. The van der Waals surface area contributed by atoms with Gasteiger partial charge in [-0.3, -0.25) is 19.4 Å². The zero-order valence-corrected chi connectivity index (χ0v) is 24.5. The van der Waals surface area contributed by atoms with Gasteiger partial charge in [-0.15, -0.1) is 11.3 Å². The molecule has 3 aromatic rings. The standard InChI is InChI=1S/C31H40N4O4S/c1-22(2)14-16-33-29(36)26(20-23(3)4)34-30(37)28(27-13-9-19-40-27)35(31(38)24-10-8-15-32-21-24)17-18-39-25-11-6-5-7-12-25/h5-13,15,19,21-23,26,28H,14,16-18,20H2,1-4H3,(H,33,36)(H,34,37). The van der Waals surface area contributed by atoms with Crippen molar-refractivity contribution < 1.29 is 19.1 Å². The fourth-order valence-corrected chi connectivity index (χ4v) is 5.05. The fraction of sp³-hybridized carbons (Fsp3) is 0.419. The van der Waals surface area contributed by atoms with Crippen molar-refractivity contribution in [2.24, 2.45) is 11.8 Å². The topological polar surface area (TPSA) is 101 Å². The van der Waals surface area contributed by atoms with Gasteiger partial charge >= 0.3 is 0 Å². The number of hydrogen-bond donors (Lipinski definition) is 2. The minimum Gasteiger partial charge on any atom is -0.492 e. The van der Waals surface area contributed by atoms with Gasteiger partial charge in [0.2, 0.25) is 11.8 Å². The van der Waals surface area contributed by atoms with Crippen LogP contribution in [0.4, 0.5) is 0 Å². The molecule has 3 rings (SSSR count). The number of thiophene rings is 1. The van der Waals surface area contributed by atoms with Crippen LogP contribution in [0.25, 0.3) is 0 Å². The number of rotatable bonds is 15. The van der Waals surface area contributed by atoms with E-state index in [1.54, 1.807) is 18.3 Å². The lowest BCUT2D eigenvalue weighted by atomic mass is 10.0. The molecule has 8 nitrogen and oxygen atoms in total. The van der Waals surface area contributed by atoms with Crippen molar-refractivity contribution in [2.75, 3.05) is 19.7 Å². The molecule has 2 N–H and O–H groups in total. The number of ether oxygens (including phenoxy) is 1. The molecule has 214 valence electrons. The lowest BCUT2D eigenvalue weighted by Crippen LogP contribution is -2.52. The van der Waals surface area contributed by atoms with Gasteiger partial charge in [0.15, 0.2) is 0 Å². The number of nitrogens with zero attached hydrogens (tertiary/aromatic N) is 2. The van der Waals surface area contributed by atoms with E-state index in [9.17, 15) is 14.4 Å². The van der Waals surface area contributed by atoms with Gasteiger partial charge in [0.25, 0.3) is 5.91 Å². The van der Waals surface area contributed by atoms with Gasteiger partial charge in [-0.2, -0.15) is 0 Å². The molecule has 9 heteroatoms.